The van der Waals surface area contributed by atoms with Gasteiger partial charge in [0.05, 0.1) is 0 Å². The fourth-order valence-corrected chi connectivity index (χ4v) is 3.37. The SMILES string of the molecule is O=C(c1cc(C2CC2)[nH]n1)N1CCC(c2ccc(O)cc2)CC1. The largest absolute Gasteiger partial charge is 0.508 e. The molecule has 2 N–H and O–H groups in total. The first kappa shape index (κ1) is 14.3. The number of carbonyl (C=O) groups is 1. The molecule has 4 rings (SSSR count). The quantitative estimate of drug-likeness (QED) is 0.915. The van der Waals surface area contributed by atoms with E-state index in [1.807, 2.05) is 23.1 Å². The molecular formula is C18H21N3O2. The summed E-state index contributed by atoms with van der Waals surface area (Å²) < 4.78 is 0. The minimum atomic E-state index is 0.0392. The summed E-state index contributed by atoms with van der Waals surface area (Å²) >= 11 is 0. The third-order valence-electron chi connectivity index (χ3n) is 4.98. The van der Waals surface area contributed by atoms with E-state index in [1.54, 1.807) is 12.1 Å². The third kappa shape index (κ3) is 2.96. The number of nitrogens with zero attached hydrogens (tertiary/aromatic N) is 2. The summed E-state index contributed by atoms with van der Waals surface area (Å²) in [5.41, 5.74) is 2.90. The van der Waals surface area contributed by atoms with Gasteiger partial charge in [0, 0.05) is 24.7 Å². The molecular weight excluding hydrogens is 290 g/mol. The van der Waals surface area contributed by atoms with Gasteiger partial charge in [-0.05, 0) is 55.4 Å². The Balaban J connectivity index is 1.38. The molecule has 5 heteroatoms. The van der Waals surface area contributed by atoms with E-state index in [9.17, 15) is 9.90 Å². The predicted molar refractivity (Wildman–Crippen MR) is 86.5 cm³/mol. The zero-order chi connectivity index (χ0) is 15.8. The second kappa shape index (κ2) is 5.72. The molecule has 1 aliphatic heterocycles. The minimum Gasteiger partial charge on any atom is -0.508 e. The summed E-state index contributed by atoms with van der Waals surface area (Å²) in [5.74, 6) is 1.38. The standard InChI is InChI=1S/C18H21N3O2/c22-15-5-3-12(4-6-15)13-7-9-21(10-8-13)18(23)17-11-16(19-20-17)14-1-2-14/h3-6,11,13-14,22H,1-2,7-10H2,(H,19,20). The number of rotatable bonds is 3. The van der Waals surface area contributed by atoms with Crippen LogP contribution in [0, 0.1) is 0 Å². The van der Waals surface area contributed by atoms with Crippen molar-refractivity contribution >= 4 is 5.91 Å². The second-order valence-electron chi connectivity index (χ2n) is 6.64. The zero-order valence-electron chi connectivity index (χ0n) is 13.0. The molecule has 0 spiro atoms. The lowest BCUT2D eigenvalue weighted by Gasteiger charge is -2.31. The molecule has 23 heavy (non-hydrogen) atoms. The number of aromatic hydroxyl groups is 1. The van der Waals surface area contributed by atoms with Gasteiger partial charge in [0.2, 0.25) is 0 Å². The average molecular weight is 311 g/mol. The Morgan fingerprint density at radius 3 is 2.43 bits per heavy atom. The lowest BCUT2D eigenvalue weighted by Crippen LogP contribution is -2.38. The van der Waals surface area contributed by atoms with E-state index in [0.29, 0.717) is 23.3 Å². The van der Waals surface area contributed by atoms with Crippen LogP contribution < -0.4 is 0 Å². The van der Waals surface area contributed by atoms with Gasteiger partial charge in [0.25, 0.3) is 5.91 Å². The highest BCUT2D eigenvalue weighted by molar-refractivity contribution is 5.92. The van der Waals surface area contributed by atoms with Crippen molar-refractivity contribution in [3.05, 3.63) is 47.3 Å². The molecule has 1 aromatic carbocycles. The monoisotopic (exact) mass is 311 g/mol. The van der Waals surface area contributed by atoms with Crippen LogP contribution in [-0.4, -0.2) is 39.2 Å². The molecule has 0 bridgehead atoms. The smallest absolute Gasteiger partial charge is 0.274 e. The summed E-state index contributed by atoms with van der Waals surface area (Å²) in [7, 11) is 0. The van der Waals surface area contributed by atoms with E-state index in [1.165, 1.54) is 18.4 Å². The first-order chi connectivity index (χ1) is 11.2. The molecule has 1 saturated heterocycles. The fourth-order valence-electron chi connectivity index (χ4n) is 3.37. The molecule has 0 atom stereocenters. The minimum absolute atomic E-state index is 0.0392. The van der Waals surface area contributed by atoms with Crippen LogP contribution in [0.5, 0.6) is 5.75 Å². The van der Waals surface area contributed by atoms with Crippen molar-refractivity contribution in [3.63, 3.8) is 0 Å². The Bertz CT molecular complexity index is 695. The van der Waals surface area contributed by atoms with Crippen molar-refractivity contribution in [1.82, 2.24) is 15.1 Å². The average Bonchev–Trinajstić information content (AvgIpc) is 3.32. The van der Waals surface area contributed by atoms with Gasteiger partial charge in [0.1, 0.15) is 11.4 Å². The number of carbonyl (C=O) groups excluding carboxylic acids is 1. The summed E-state index contributed by atoms with van der Waals surface area (Å²) in [4.78, 5) is 14.5. The Morgan fingerprint density at radius 2 is 1.78 bits per heavy atom. The summed E-state index contributed by atoms with van der Waals surface area (Å²) in [6.07, 6.45) is 4.31. The number of hydrogen-bond acceptors (Lipinski definition) is 3. The van der Waals surface area contributed by atoms with Gasteiger partial charge in [-0.3, -0.25) is 9.89 Å². The molecule has 120 valence electrons. The molecule has 1 aromatic heterocycles. The number of aromatic amines is 1. The molecule has 2 aliphatic rings. The van der Waals surface area contributed by atoms with E-state index in [-0.39, 0.29) is 5.91 Å². The Labute approximate surface area is 135 Å². The number of benzene rings is 1. The number of likely N-dealkylation sites (tertiary alicyclic amines) is 1. The predicted octanol–water partition coefficient (Wildman–Crippen LogP) is 3.01. The summed E-state index contributed by atoms with van der Waals surface area (Å²) in [6, 6.07) is 9.35. The van der Waals surface area contributed by atoms with E-state index >= 15 is 0 Å². The fraction of sp³-hybridized carbons (Fsp3) is 0.444. The highest BCUT2D eigenvalue weighted by atomic mass is 16.3. The summed E-state index contributed by atoms with van der Waals surface area (Å²) in [6.45, 7) is 1.52. The van der Waals surface area contributed by atoms with Crippen molar-refractivity contribution in [2.45, 2.75) is 37.5 Å². The van der Waals surface area contributed by atoms with Gasteiger partial charge in [-0.15, -0.1) is 0 Å². The van der Waals surface area contributed by atoms with Gasteiger partial charge in [-0.1, -0.05) is 12.1 Å². The lowest BCUT2D eigenvalue weighted by atomic mass is 9.89. The van der Waals surface area contributed by atoms with Crippen molar-refractivity contribution < 1.29 is 9.90 Å². The molecule has 1 saturated carbocycles. The lowest BCUT2D eigenvalue weighted by molar-refractivity contribution is 0.0707. The van der Waals surface area contributed by atoms with Gasteiger partial charge < -0.3 is 10.0 Å². The van der Waals surface area contributed by atoms with Crippen LogP contribution in [0.2, 0.25) is 0 Å². The Kier molecular flexibility index (Phi) is 3.56. The van der Waals surface area contributed by atoms with E-state index in [0.717, 1.165) is 31.6 Å². The van der Waals surface area contributed by atoms with Crippen LogP contribution in [0.3, 0.4) is 0 Å². The number of nitrogens with one attached hydrogen (secondary N) is 1. The Morgan fingerprint density at radius 1 is 1.09 bits per heavy atom. The molecule has 2 heterocycles. The highest BCUT2D eigenvalue weighted by Gasteiger charge is 2.29. The number of aromatic nitrogens is 2. The number of piperidine rings is 1. The molecule has 0 unspecified atom stereocenters. The maximum absolute atomic E-state index is 12.6. The third-order valence-corrected chi connectivity index (χ3v) is 4.98. The molecule has 2 fully saturated rings. The van der Waals surface area contributed by atoms with Crippen LogP contribution in [0.1, 0.15) is 59.3 Å². The first-order valence-electron chi connectivity index (χ1n) is 8.34. The zero-order valence-corrected chi connectivity index (χ0v) is 13.0. The normalized spacial score (nSPS) is 19.0. The van der Waals surface area contributed by atoms with Crippen LogP contribution in [0.4, 0.5) is 0 Å². The van der Waals surface area contributed by atoms with Crippen LogP contribution in [0.25, 0.3) is 0 Å². The number of hydrogen-bond donors (Lipinski definition) is 2. The maximum Gasteiger partial charge on any atom is 0.274 e. The van der Waals surface area contributed by atoms with E-state index in [4.69, 9.17) is 0 Å². The topological polar surface area (TPSA) is 69.2 Å². The van der Waals surface area contributed by atoms with Crippen molar-refractivity contribution in [2.24, 2.45) is 0 Å². The van der Waals surface area contributed by atoms with Gasteiger partial charge >= 0.3 is 0 Å². The van der Waals surface area contributed by atoms with Crippen molar-refractivity contribution in [3.8, 4) is 5.75 Å². The number of phenols is 1. The van der Waals surface area contributed by atoms with Gasteiger partial charge in [-0.2, -0.15) is 5.10 Å². The Hall–Kier alpha value is -2.30. The highest BCUT2D eigenvalue weighted by Crippen LogP contribution is 2.39. The van der Waals surface area contributed by atoms with E-state index < -0.39 is 0 Å². The van der Waals surface area contributed by atoms with Crippen LogP contribution in [-0.2, 0) is 0 Å². The van der Waals surface area contributed by atoms with Crippen LogP contribution in [0.15, 0.2) is 30.3 Å². The van der Waals surface area contributed by atoms with E-state index in [2.05, 4.69) is 10.2 Å². The second-order valence-corrected chi connectivity index (χ2v) is 6.64. The number of amides is 1. The van der Waals surface area contributed by atoms with Crippen molar-refractivity contribution in [2.75, 3.05) is 13.1 Å². The van der Waals surface area contributed by atoms with Gasteiger partial charge in [-0.25, -0.2) is 0 Å². The molecule has 0 radical (unpaired) electrons. The molecule has 1 amide bonds. The summed E-state index contributed by atoms with van der Waals surface area (Å²) in [5, 5.41) is 16.6. The number of phenolic OH excluding ortho intramolecular Hbond substituents is 1. The van der Waals surface area contributed by atoms with Gasteiger partial charge in [0.15, 0.2) is 0 Å². The van der Waals surface area contributed by atoms with Crippen LogP contribution >= 0.6 is 0 Å². The molecule has 1 aliphatic carbocycles. The van der Waals surface area contributed by atoms with Crippen molar-refractivity contribution in [1.29, 1.82) is 0 Å². The first-order valence-corrected chi connectivity index (χ1v) is 8.34. The number of H-pyrrole nitrogens is 1. The molecule has 2 aromatic rings. The maximum atomic E-state index is 12.6. The molecule has 5 nitrogen and oxygen atoms in total.